The molecule has 0 aliphatic heterocycles. The summed E-state index contributed by atoms with van der Waals surface area (Å²) in [5.41, 5.74) is 7.84. The highest BCUT2D eigenvalue weighted by atomic mass is 79.9. The standard InChI is InChI=1S/C19H15BrClNOS/c20-14-8-4-5-9-18(14)24-19-11-17(15(21)10-16(19)22)23-12-13-6-2-1-3-7-13/h1-11H,12,22H2. The Hall–Kier alpha value is -1.62. The van der Waals surface area contributed by atoms with Crippen molar-refractivity contribution in [2.75, 3.05) is 5.73 Å². The third-order valence-corrected chi connectivity index (χ3v) is 5.76. The van der Waals surface area contributed by atoms with Crippen molar-refractivity contribution in [3.05, 3.63) is 81.8 Å². The van der Waals surface area contributed by atoms with Crippen LogP contribution in [0.1, 0.15) is 5.56 Å². The second-order valence-corrected chi connectivity index (χ2v) is 7.47. The highest BCUT2D eigenvalue weighted by molar-refractivity contribution is 9.10. The fraction of sp³-hybridized carbons (Fsp3) is 0.0526. The minimum absolute atomic E-state index is 0.462. The molecule has 0 saturated heterocycles. The minimum atomic E-state index is 0.462. The van der Waals surface area contributed by atoms with Gasteiger partial charge in [-0.3, -0.25) is 0 Å². The first-order valence-electron chi connectivity index (χ1n) is 7.31. The summed E-state index contributed by atoms with van der Waals surface area (Å²) in [6.07, 6.45) is 0. The molecule has 0 spiro atoms. The molecule has 0 aliphatic rings. The van der Waals surface area contributed by atoms with Gasteiger partial charge in [0.15, 0.2) is 0 Å². The molecule has 2 nitrogen and oxygen atoms in total. The van der Waals surface area contributed by atoms with Crippen molar-refractivity contribution >= 4 is 45.0 Å². The predicted octanol–water partition coefficient (Wildman–Crippen LogP) is 6.41. The van der Waals surface area contributed by atoms with Crippen molar-refractivity contribution in [3.63, 3.8) is 0 Å². The molecule has 0 amide bonds. The van der Waals surface area contributed by atoms with E-state index in [9.17, 15) is 0 Å². The van der Waals surface area contributed by atoms with Crippen molar-refractivity contribution in [2.45, 2.75) is 16.4 Å². The van der Waals surface area contributed by atoms with Crippen LogP contribution < -0.4 is 10.5 Å². The van der Waals surface area contributed by atoms with E-state index in [-0.39, 0.29) is 0 Å². The zero-order valence-corrected chi connectivity index (χ0v) is 15.9. The van der Waals surface area contributed by atoms with Crippen LogP contribution >= 0.6 is 39.3 Å². The minimum Gasteiger partial charge on any atom is -0.487 e. The van der Waals surface area contributed by atoms with Gasteiger partial charge in [-0.25, -0.2) is 0 Å². The lowest BCUT2D eigenvalue weighted by Crippen LogP contribution is -1.97. The van der Waals surface area contributed by atoms with Gasteiger partial charge in [0.25, 0.3) is 0 Å². The number of anilines is 1. The van der Waals surface area contributed by atoms with E-state index in [0.717, 1.165) is 19.8 Å². The molecule has 3 aromatic carbocycles. The smallest absolute Gasteiger partial charge is 0.139 e. The van der Waals surface area contributed by atoms with Crippen LogP contribution in [0.2, 0.25) is 5.02 Å². The van der Waals surface area contributed by atoms with Crippen LogP contribution in [-0.4, -0.2) is 0 Å². The summed E-state index contributed by atoms with van der Waals surface area (Å²) >= 11 is 11.4. The van der Waals surface area contributed by atoms with Gasteiger partial charge in [0, 0.05) is 20.0 Å². The molecule has 0 atom stereocenters. The van der Waals surface area contributed by atoms with Gasteiger partial charge in [-0.05, 0) is 45.8 Å². The topological polar surface area (TPSA) is 35.2 Å². The van der Waals surface area contributed by atoms with Gasteiger partial charge in [0.2, 0.25) is 0 Å². The molecule has 0 radical (unpaired) electrons. The number of hydrogen-bond acceptors (Lipinski definition) is 3. The third-order valence-electron chi connectivity index (χ3n) is 3.36. The van der Waals surface area contributed by atoms with Crippen molar-refractivity contribution in [1.29, 1.82) is 0 Å². The zero-order valence-electron chi connectivity index (χ0n) is 12.7. The molecule has 122 valence electrons. The number of ether oxygens (including phenoxy) is 1. The fourth-order valence-corrected chi connectivity index (χ4v) is 3.78. The van der Waals surface area contributed by atoms with Gasteiger partial charge < -0.3 is 10.5 Å². The first-order valence-corrected chi connectivity index (χ1v) is 9.30. The van der Waals surface area contributed by atoms with Gasteiger partial charge in [-0.1, -0.05) is 65.8 Å². The summed E-state index contributed by atoms with van der Waals surface area (Å²) in [6.45, 7) is 0.462. The molecule has 0 aromatic heterocycles. The van der Waals surface area contributed by atoms with E-state index >= 15 is 0 Å². The lowest BCUT2D eigenvalue weighted by atomic mass is 10.2. The van der Waals surface area contributed by atoms with E-state index in [1.807, 2.05) is 60.7 Å². The average molecular weight is 421 g/mol. The molecule has 3 rings (SSSR count). The second-order valence-electron chi connectivity index (χ2n) is 5.13. The van der Waals surface area contributed by atoms with Gasteiger partial charge >= 0.3 is 0 Å². The molecule has 0 saturated carbocycles. The molecule has 5 heteroatoms. The number of nitrogens with two attached hydrogens (primary N) is 1. The molecule has 3 aromatic rings. The molecule has 2 N–H and O–H groups in total. The Morgan fingerprint density at radius 1 is 0.958 bits per heavy atom. The van der Waals surface area contributed by atoms with Crippen molar-refractivity contribution in [2.24, 2.45) is 0 Å². The first-order chi connectivity index (χ1) is 11.6. The monoisotopic (exact) mass is 419 g/mol. The summed E-state index contributed by atoms with van der Waals surface area (Å²) in [4.78, 5) is 2.00. The van der Waals surface area contributed by atoms with Crippen LogP contribution in [0.3, 0.4) is 0 Å². The largest absolute Gasteiger partial charge is 0.487 e. The van der Waals surface area contributed by atoms with Crippen molar-refractivity contribution in [1.82, 2.24) is 0 Å². The van der Waals surface area contributed by atoms with Crippen molar-refractivity contribution in [3.8, 4) is 5.75 Å². The molecule has 24 heavy (non-hydrogen) atoms. The maximum Gasteiger partial charge on any atom is 0.139 e. The van der Waals surface area contributed by atoms with E-state index in [4.69, 9.17) is 22.1 Å². The predicted molar refractivity (Wildman–Crippen MR) is 105 cm³/mol. The van der Waals surface area contributed by atoms with E-state index < -0.39 is 0 Å². The first kappa shape index (κ1) is 17.2. The molecular formula is C19H15BrClNOS. The highest BCUT2D eigenvalue weighted by Gasteiger charge is 2.11. The lowest BCUT2D eigenvalue weighted by molar-refractivity contribution is 0.306. The number of benzene rings is 3. The summed E-state index contributed by atoms with van der Waals surface area (Å²) in [7, 11) is 0. The van der Waals surface area contributed by atoms with Crippen LogP contribution in [0.5, 0.6) is 5.75 Å². The number of rotatable bonds is 5. The average Bonchev–Trinajstić information content (AvgIpc) is 2.59. The Balaban J connectivity index is 1.82. The normalized spacial score (nSPS) is 10.6. The van der Waals surface area contributed by atoms with Gasteiger partial charge in [-0.2, -0.15) is 0 Å². The molecular weight excluding hydrogens is 406 g/mol. The highest BCUT2D eigenvalue weighted by Crippen LogP contribution is 2.40. The molecule has 0 heterocycles. The second kappa shape index (κ2) is 7.97. The van der Waals surface area contributed by atoms with Crippen LogP contribution in [-0.2, 0) is 6.61 Å². The lowest BCUT2D eigenvalue weighted by Gasteiger charge is -2.13. The number of hydrogen-bond donors (Lipinski definition) is 1. The van der Waals surface area contributed by atoms with Crippen LogP contribution in [0.25, 0.3) is 0 Å². The third kappa shape index (κ3) is 4.26. The van der Waals surface area contributed by atoms with Crippen LogP contribution in [0, 0.1) is 0 Å². The van der Waals surface area contributed by atoms with Crippen molar-refractivity contribution < 1.29 is 4.74 Å². The SMILES string of the molecule is Nc1cc(Cl)c(OCc2ccccc2)cc1Sc1ccccc1Br. The quantitative estimate of drug-likeness (QED) is 0.484. The maximum absolute atomic E-state index is 6.28. The summed E-state index contributed by atoms with van der Waals surface area (Å²) in [6, 6.07) is 21.6. The Bertz CT molecular complexity index is 842. The summed E-state index contributed by atoms with van der Waals surface area (Å²) in [5.74, 6) is 0.629. The van der Waals surface area contributed by atoms with Crippen LogP contribution in [0.15, 0.2) is 81.0 Å². The fourth-order valence-electron chi connectivity index (χ4n) is 2.13. The molecule has 0 bridgehead atoms. The Morgan fingerprint density at radius 2 is 1.67 bits per heavy atom. The van der Waals surface area contributed by atoms with Crippen LogP contribution in [0.4, 0.5) is 5.69 Å². The van der Waals surface area contributed by atoms with E-state index in [1.165, 1.54) is 0 Å². The zero-order chi connectivity index (χ0) is 16.9. The molecule has 0 aliphatic carbocycles. The Labute approximate surface area is 159 Å². The van der Waals surface area contributed by atoms with E-state index in [0.29, 0.717) is 23.1 Å². The molecule has 0 fully saturated rings. The summed E-state index contributed by atoms with van der Waals surface area (Å²) in [5, 5.41) is 0.514. The van der Waals surface area contributed by atoms with E-state index in [2.05, 4.69) is 15.9 Å². The molecule has 0 unspecified atom stereocenters. The maximum atomic E-state index is 6.28. The number of nitrogen functional groups attached to an aromatic ring is 1. The summed E-state index contributed by atoms with van der Waals surface area (Å²) < 4.78 is 6.90. The Morgan fingerprint density at radius 3 is 2.42 bits per heavy atom. The van der Waals surface area contributed by atoms with Gasteiger partial charge in [0.1, 0.15) is 12.4 Å². The number of halogens is 2. The van der Waals surface area contributed by atoms with Gasteiger partial charge in [0.05, 0.1) is 5.02 Å². The van der Waals surface area contributed by atoms with E-state index in [1.54, 1.807) is 17.8 Å². The Kier molecular flexibility index (Phi) is 5.72. The van der Waals surface area contributed by atoms with Gasteiger partial charge in [-0.15, -0.1) is 0 Å².